The molecule has 0 atom stereocenters. The fraction of sp³-hybridized carbons (Fsp3) is 0.381. The van der Waals surface area contributed by atoms with Crippen LogP contribution in [0.25, 0.3) is 0 Å². The number of nitrogens with zero attached hydrogens (tertiary/aromatic N) is 3. The predicted molar refractivity (Wildman–Crippen MR) is 111 cm³/mol. The third kappa shape index (κ3) is 5.23. The number of anilines is 1. The molecule has 0 unspecified atom stereocenters. The summed E-state index contributed by atoms with van der Waals surface area (Å²) in [6.07, 6.45) is -1.51. The van der Waals surface area contributed by atoms with Gasteiger partial charge in [0.1, 0.15) is 17.0 Å². The molecular formula is C21H24N4O5. The van der Waals surface area contributed by atoms with Crippen LogP contribution in [-0.2, 0) is 17.8 Å². The van der Waals surface area contributed by atoms with Crippen LogP contribution in [0.2, 0.25) is 0 Å². The number of amides is 1. The third-order valence-corrected chi connectivity index (χ3v) is 4.07. The molecule has 2 aromatic rings. The molecule has 9 heteroatoms. The summed E-state index contributed by atoms with van der Waals surface area (Å²) >= 11 is 0. The number of carbonyl (C=O) groups is 2. The smallest absolute Gasteiger partial charge is 0.413 e. The molecule has 158 valence electrons. The number of hydrogen-bond acceptors (Lipinski definition) is 6. The maximum Gasteiger partial charge on any atom is 0.413 e. The van der Waals surface area contributed by atoms with Crippen LogP contribution >= 0.6 is 0 Å². The Morgan fingerprint density at radius 2 is 1.77 bits per heavy atom. The van der Waals surface area contributed by atoms with Crippen LogP contribution in [0.5, 0.6) is 0 Å². The van der Waals surface area contributed by atoms with E-state index in [2.05, 4.69) is 5.32 Å². The Morgan fingerprint density at radius 1 is 1.13 bits per heavy atom. The van der Waals surface area contributed by atoms with Gasteiger partial charge in [-0.1, -0.05) is 30.3 Å². The zero-order valence-corrected chi connectivity index (χ0v) is 17.4. The Bertz CT molecular complexity index is 1100. The first kappa shape index (κ1) is 22.6. The number of hydrogen-bond donors (Lipinski definition) is 1. The summed E-state index contributed by atoms with van der Waals surface area (Å²) in [5.41, 5.74) is -2.11. The van der Waals surface area contributed by atoms with Crippen molar-refractivity contribution in [3.8, 4) is 6.07 Å². The maximum atomic E-state index is 13.0. The van der Waals surface area contributed by atoms with Gasteiger partial charge in [0.05, 0.1) is 19.0 Å². The Balaban J connectivity index is 2.76. The van der Waals surface area contributed by atoms with Gasteiger partial charge in [-0.05, 0) is 33.3 Å². The van der Waals surface area contributed by atoms with E-state index in [1.807, 2.05) is 0 Å². The highest BCUT2D eigenvalue weighted by atomic mass is 16.6. The summed E-state index contributed by atoms with van der Waals surface area (Å²) < 4.78 is 7.26. The minimum atomic E-state index is -0.927. The Kier molecular flexibility index (Phi) is 6.95. The quantitative estimate of drug-likeness (QED) is 0.727. The number of aromatic nitrogens is 2. The van der Waals surface area contributed by atoms with Crippen LogP contribution in [0.15, 0.2) is 39.9 Å². The van der Waals surface area contributed by atoms with Crippen molar-refractivity contribution in [3.63, 3.8) is 0 Å². The number of carbonyl (C=O) groups excluding carboxylic acids is 2. The zero-order chi connectivity index (χ0) is 22.5. The van der Waals surface area contributed by atoms with Gasteiger partial charge in [0.25, 0.3) is 5.56 Å². The molecule has 0 aliphatic carbocycles. The van der Waals surface area contributed by atoms with Gasteiger partial charge in [-0.25, -0.2) is 9.59 Å². The summed E-state index contributed by atoms with van der Waals surface area (Å²) in [6.45, 7) is 6.57. The molecule has 0 bridgehead atoms. The number of benzene rings is 1. The van der Waals surface area contributed by atoms with Crippen molar-refractivity contribution in [2.45, 2.75) is 52.8 Å². The lowest BCUT2D eigenvalue weighted by atomic mass is 10.1. The van der Waals surface area contributed by atoms with Crippen LogP contribution in [-0.4, -0.2) is 26.6 Å². The van der Waals surface area contributed by atoms with Crippen LogP contribution in [0, 0.1) is 11.3 Å². The lowest BCUT2D eigenvalue weighted by Gasteiger charge is -2.22. The number of nitriles is 1. The summed E-state index contributed by atoms with van der Waals surface area (Å²) in [5.74, 6) is -1.08. The van der Waals surface area contributed by atoms with Gasteiger partial charge in [0.2, 0.25) is 0 Å². The zero-order valence-electron chi connectivity index (χ0n) is 17.4. The van der Waals surface area contributed by atoms with E-state index in [0.29, 0.717) is 5.56 Å². The van der Waals surface area contributed by atoms with Crippen molar-refractivity contribution < 1.29 is 14.3 Å². The molecule has 0 saturated heterocycles. The number of ketones is 1. The van der Waals surface area contributed by atoms with Gasteiger partial charge in [-0.15, -0.1) is 0 Å². The normalized spacial score (nSPS) is 10.9. The molecule has 9 nitrogen and oxygen atoms in total. The molecule has 0 saturated carbocycles. The minimum Gasteiger partial charge on any atom is -0.444 e. The SMILES string of the molecule is CCn1c(=O)c(C(=O)CC#N)c(NC(=O)OC(C)(C)C)n(Cc2ccccc2)c1=O. The molecule has 30 heavy (non-hydrogen) atoms. The fourth-order valence-corrected chi connectivity index (χ4v) is 2.83. The Labute approximate surface area is 173 Å². The highest BCUT2D eigenvalue weighted by Gasteiger charge is 2.27. The molecule has 1 aromatic heterocycles. The number of nitrogens with one attached hydrogen (secondary N) is 1. The van der Waals surface area contributed by atoms with Gasteiger partial charge in [-0.3, -0.25) is 24.0 Å². The van der Waals surface area contributed by atoms with Gasteiger partial charge in [-0.2, -0.15) is 5.26 Å². The van der Waals surface area contributed by atoms with Gasteiger partial charge in [0, 0.05) is 6.54 Å². The summed E-state index contributed by atoms with van der Waals surface area (Å²) in [4.78, 5) is 50.9. The summed E-state index contributed by atoms with van der Waals surface area (Å²) in [5, 5.41) is 11.3. The molecule has 1 amide bonds. The van der Waals surface area contributed by atoms with Crippen molar-refractivity contribution in [2.24, 2.45) is 0 Å². The lowest BCUT2D eigenvalue weighted by Crippen LogP contribution is -2.44. The molecule has 1 aromatic carbocycles. The largest absolute Gasteiger partial charge is 0.444 e. The van der Waals surface area contributed by atoms with Crippen LogP contribution in [0.4, 0.5) is 10.6 Å². The standard InChI is InChI=1S/C21H24N4O5/c1-5-24-18(27)16(15(26)11-12-22)17(23-19(28)30-21(2,3)4)25(20(24)29)13-14-9-7-6-8-10-14/h6-10H,5,11,13H2,1-4H3,(H,23,28). The van der Waals surface area contributed by atoms with E-state index in [1.54, 1.807) is 64.1 Å². The molecule has 0 aliphatic rings. The summed E-state index contributed by atoms with van der Waals surface area (Å²) in [6, 6.07) is 10.6. The second kappa shape index (κ2) is 9.22. The van der Waals surface area contributed by atoms with Crippen molar-refractivity contribution in [1.82, 2.24) is 9.13 Å². The minimum absolute atomic E-state index is 0.00207. The van der Waals surface area contributed by atoms with Gasteiger partial charge < -0.3 is 4.74 Å². The van der Waals surface area contributed by atoms with Crippen LogP contribution < -0.4 is 16.6 Å². The molecule has 1 heterocycles. The van der Waals surface area contributed by atoms with E-state index >= 15 is 0 Å². The molecule has 0 spiro atoms. The Hall–Kier alpha value is -3.67. The predicted octanol–water partition coefficient (Wildman–Crippen LogP) is 2.52. The highest BCUT2D eigenvalue weighted by Crippen LogP contribution is 2.17. The first-order chi connectivity index (χ1) is 14.1. The highest BCUT2D eigenvalue weighted by molar-refractivity contribution is 6.03. The second-order valence-corrected chi connectivity index (χ2v) is 7.51. The summed E-state index contributed by atoms with van der Waals surface area (Å²) in [7, 11) is 0. The second-order valence-electron chi connectivity index (χ2n) is 7.51. The number of Topliss-reactive ketones (excluding diaryl/α,β-unsaturated/α-hetero) is 1. The third-order valence-electron chi connectivity index (χ3n) is 4.07. The van der Waals surface area contributed by atoms with E-state index < -0.39 is 40.7 Å². The average Bonchev–Trinajstić information content (AvgIpc) is 2.65. The first-order valence-corrected chi connectivity index (χ1v) is 9.40. The van der Waals surface area contributed by atoms with E-state index in [1.165, 1.54) is 0 Å². The van der Waals surface area contributed by atoms with E-state index in [4.69, 9.17) is 10.00 Å². The van der Waals surface area contributed by atoms with E-state index in [-0.39, 0.29) is 18.9 Å². The molecule has 0 fully saturated rings. The van der Waals surface area contributed by atoms with Crippen LogP contribution in [0.3, 0.4) is 0 Å². The van der Waals surface area contributed by atoms with Gasteiger partial charge >= 0.3 is 11.8 Å². The molecule has 0 aliphatic heterocycles. The molecular weight excluding hydrogens is 388 g/mol. The van der Waals surface area contributed by atoms with Crippen molar-refractivity contribution in [2.75, 3.05) is 5.32 Å². The maximum absolute atomic E-state index is 13.0. The monoisotopic (exact) mass is 412 g/mol. The van der Waals surface area contributed by atoms with Gasteiger partial charge in [0.15, 0.2) is 5.78 Å². The van der Waals surface area contributed by atoms with Crippen LogP contribution in [0.1, 0.15) is 50.0 Å². The number of rotatable bonds is 6. The Morgan fingerprint density at radius 3 is 2.30 bits per heavy atom. The first-order valence-electron chi connectivity index (χ1n) is 9.40. The van der Waals surface area contributed by atoms with E-state index in [0.717, 1.165) is 9.13 Å². The van der Waals surface area contributed by atoms with Crippen molar-refractivity contribution >= 4 is 17.7 Å². The molecule has 2 rings (SSSR count). The van der Waals surface area contributed by atoms with Crippen molar-refractivity contribution in [3.05, 3.63) is 62.3 Å². The van der Waals surface area contributed by atoms with E-state index in [9.17, 15) is 19.2 Å². The molecule has 1 N–H and O–H groups in total. The fourth-order valence-electron chi connectivity index (χ4n) is 2.83. The molecule has 0 radical (unpaired) electrons. The van der Waals surface area contributed by atoms with Crippen molar-refractivity contribution in [1.29, 1.82) is 5.26 Å². The lowest BCUT2D eigenvalue weighted by molar-refractivity contribution is 0.0634. The number of ether oxygens (including phenoxy) is 1. The average molecular weight is 412 g/mol. The topological polar surface area (TPSA) is 123 Å².